The van der Waals surface area contributed by atoms with Crippen LogP contribution >= 0.6 is 11.8 Å². The molecule has 2 atom stereocenters. The summed E-state index contributed by atoms with van der Waals surface area (Å²) in [6.07, 6.45) is 3.59. The minimum Gasteiger partial charge on any atom is -0.228 e. The summed E-state index contributed by atoms with van der Waals surface area (Å²) in [6.45, 7) is 10.3. The molecule has 152 valence electrons. The normalized spacial score (nSPS) is 20.9. The van der Waals surface area contributed by atoms with Crippen LogP contribution in [0.2, 0.25) is 0 Å². The van der Waals surface area contributed by atoms with Crippen molar-refractivity contribution in [2.45, 2.75) is 86.3 Å². The van der Waals surface area contributed by atoms with Crippen LogP contribution in [0.3, 0.4) is 0 Å². The van der Waals surface area contributed by atoms with Crippen molar-refractivity contribution < 1.29 is 8.42 Å². The molecule has 28 heavy (non-hydrogen) atoms. The predicted molar refractivity (Wildman–Crippen MR) is 116 cm³/mol. The Labute approximate surface area is 173 Å². The molecule has 4 nitrogen and oxygen atoms in total. The van der Waals surface area contributed by atoms with Crippen molar-refractivity contribution in [1.29, 1.82) is 0 Å². The second-order valence-corrected chi connectivity index (χ2v) is 12.1. The van der Waals surface area contributed by atoms with Gasteiger partial charge in [0.1, 0.15) is 0 Å². The Balaban J connectivity index is 1.87. The quantitative estimate of drug-likeness (QED) is 0.633. The zero-order chi connectivity index (χ0) is 20.5. The van der Waals surface area contributed by atoms with Gasteiger partial charge in [-0.1, -0.05) is 57.5 Å². The summed E-state index contributed by atoms with van der Waals surface area (Å²) in [7, 11) is -3.39. The molecule has 1 saturated carbocycles. The number of rotatable bonds is 4. The molecule has 0 aliphatic heterocycles. The maximum absolute atomic E-state index is 13.4. The van der Waals surface area contributed by atoms with Crippen molar-refractivity contribution in [2.75, 3.05) is 0 Å². The van der Waals surface area contributed by atoms with E-state index in [0.717, 1.165) is 36.2 Å². The van der Waals surface area contributed by atoms with E-state index in [1.807, 2.05) is 32.0 Å². The van der Waals surface area contributed by atoms with Crippen molar-refractivity contribution in [3.63, 3.8) is 0 Å². The van der Waals surface area contributed by atoms with E-state index in [4.69, 9.17) is 0 Å². The fourth-order valence-electron chi connectivity index (χ4n) is 3.75. The Morgan fingerprint density at radius 2 is 1.54 bits per heavy atom. The Morgan fingerprint density at radius 1 is 0.964 bits per heavy atom. The number of thioether (sulfide) groups is 1. The lowest BCUT2D eigenvalue weighted by Gasteiger charge is -2.30. The van der Waals surface area contributed by atoms with Crippen LogP contribution in [-0.4, -0.2) is 28.9 Å². The fourth-order valence-corrected chi connectivity index (χ4v) is 7.47. The first kappa shape index (κ1) is 21.3. The van der Waals surface area contributed by atoms with Crippen molar-refractivity contribution in [3.8, 4) is 0 Å². The van der Waals surface area contributed by atoms with Crippen LogP contribution in [0, 0.1) is 13.8 Å². The average Bonchev–Trinajstić information content (AvgIpc) is 2.60. The van der Waals surface area contributed by atoms with Gasteiger partial charge in [-0.3, -0.25) is 0 Å². The summed E-state index contributed by atoms with van der Waals surface area (Å²) in [5, 5.41) is 0.283. The van der Waals surface area contributed by atoms with Gasteiger partial charge in [-0.25, -0.2) is 18.4 Å². The number of hydrogen-bond donors (Lipinski definition) is 0. The van der Waals surface area contributed by atoms with Crippen LogP contribution in [-0.2, 0) is 15.3 Å². The first-order valence-electron chi connectivity index (χ1n) is 9.91. The molecule has 0 radical (unpaired) electrons. The van der Waals surface area contributed by atoms with Gasteiger partial charge < -0.3 is 0 Å². The summed E-state index contributed by atoms with van der Waals surface area (Å²) >= 11 is 1.53. The summed E-state index contributed by atoms with van der Waals surface area (Å²) in [6, 6.07) is 9.39. The zero-order valence-electron chi connectivity index (χ0n) is 17.4. The Bertz CT molecular complexity index is 912. The van der Waals surface area contributed by atoms with E-state index >= 15 is 0 Å². The molecule has 1 aliphatic rings. The molecule has 3 rings (SSSR count). The van der Waals surface area contributed by atoms with E-state index in [1.54, 1.807) is 12.1 Å². The highest BCUT2D eigenvalue weighted by Crippen LogP contribution is 2.38. The number of aryl methyl sites for hydroxylation is 2. The second kappa shape index (κ2) is 8.15. The van der Waals surface area contributed by atoms with Gasteiger partial charge in [0.2, 0.25) is 0 Å². The molecule has 1 aromatic carbocycles. The average molecular weight is 419 g/mol. The van der Waals surface area contributed by atoms with Crippen molar-refractivity contribution >= 4 is 21.6 Å². The third-order valence-electron chi connectivity index (χ3n) is 5.31. The SMILES string of the molecule is Cc1cc(C)nc(S[C@@H]2CCCC[C@H]2S(=O)(=O)c2ccc(C(C)(C)C)cc2)n1. The highest BCUT2D eigenvalue weighted by Gasteiger charge is 2.37. The highest BCUT2D eigenvalue weighted by atomic mass is 32.2. The van der Waals surface area contributed by atoms with E-state index in [2.05, 4.69) is 30.7 Å². The molecule has 0 amide bonds. The number of sulfone groups is 1. The molecule has 0 bridgehead atoms. The van der Waals surface area contributed by atoms with Gasteiger partial charge in [-0.15, -0.1) is 0 Å². The lowest BCUT2D eigenvalue weighted by atomic mass is 9.87. The van der Waals surface area contributed by atoms with Crippen molar-refractivity contribution in [2.24, 2.45) is 0 Å². The smallest absolute Gasteiger partial charge is 0.188 e. The third-order valence-corrected chi connectivity index (χ3v) is 9.03. The van der Waals surface area contributed by atoms with Crippen LogP contribution < -0.4 is 0 Å². The van der Waals surface area contributed by atoms with E-state index in [1.165, 1.54) is 11.8 Å². The van der Waals surface area contributed by atoms with E-state index in [9.17, 15) is 8.42 Å². The molecular formula is C22H30N2O2S2. The molecule has 1 heterocycles. The number of nitrogens with zero attached hydrogens (tertiary/aromatic N) is 2. The Morgan fingerprint density at radius 3 is 2.11 bits per heavy atom. The topological polar surface area (TPSA) is 59.9 Å². The molecule has 0 N–H and O–H groups in total. The van der Waals surface area contributed by atoms with Crippen molar-refractivity contribution in [1.82, 2.24) is 9.97 Å². The predicted octanol–water partition coefficient (Wildman–Crippen LogP) is 5.27. The molecule has 0 spiro atoms. The standard InChI is InChI=1S/C22H30N2O2S2/c1-15-14-16(2)24-21(23-15)27-19-8-6-7-9-20(19)28(25,26)18-12-10-17(11-13-18)22(3,4)5/h10-14,19-20H,6-9H2,1-5H3/t19-,20-/m1/s1. The minimum atomic E-state index is -3.39. The molecular weight excluding hydrogens is 388 g/mol. The Kier molecular flexibility index (Phi) is 6.20. The second-order valence-electron chi connectivity index (χ2n) is 8.73. The third kappa shape index (κ3) is 4.77. The van der Waals surface area contributed by atoms with Gasteiger partial charge in [0.25, 0.3) is 0 Å². The molecule has 1 aliphatic carbocycles. The molecule has 1 fully saturated rings. The van der Waals surface area contributed by atoms with Crippen LogP contribution in [0.5, 0.6) is 0 Å². The van der Waals surface area contributed by atoms with Gasteiger partial charge in [0, 0.05) is 16.6 Å². The van der Waals surface area contributed by atoms with Gasteiger partial charge in [0.05, 0.1) is 10.1 Å². The summed E-state index contributed by atoms with van der Waals surface area (Å²) in [5.41, 5.74) is 2.99. The largest absolute Gasteiger partial charge is 0.228 e. The fraction of sp³-hybridized carbons (Fsp3) is 0.545. The van der Waals surface area contributed by atoms with Gasteiger partial charge in [0.15, 0.2) is 15.0 Å². The molecule has 2 aromatic rings. The number of benzene rings is 1. The van der Waals surface area contributed by atoms with E-state index < -0.39 is 15.1 Å². The van der Waals surface area contributed by atoms with Crippen molar-refractivity contribution in [3.05, 3.63) is 47.3 Å². The van der Waals surface area contributed by atoms with Gasteiger partial charge in [-0.05, 0) is 55.9 Å². The van der Waals surface area contributed by atoms with Gasteiger partial charge >= 0.3 is 0 Å². The summed E-state index contributed by atoms with van der Waals surface area (Å²) in [5.74, 6) is 0. The van der Waals surface area contributed by atoms with E-state index in [0.29, 0.717) is 16.5 Å². The number of aromatic nitrogens is 2. The monoisotopic (exact) mass is 418 g/mol. The van der Waals surface area contributed by atoms with Crippen LogP contribution in [0.1, 0.15) is 63.4 Å². The van der Waals surface area contributed by atoms with Gasteiger partial charge in [-0.2, -0.15) is 0 Å². The highest BCUT2D eigenvalue weighted by molar-refractivity contribution is 8.01. The number of hydrogen-bond acceptors (Lipinski definition) is 5. The lowest BCUT2D eigenvalue weighted by molar-refractivity contribution is 0.492. The summed E-state index contributed by atoms with van der Waals surface area (Å²) in [4.78, 5) is 9.46. The Hall–Kier alpha value is -1.40. The first-order valence-corrected chi connectivity index (χ1v) is 12.3. The van der Waals surface area contributed by atoms with Crippen LogP contribution in [0.15, 0.2) is 40.4 Å². The summed E-state index contributed by atoms with van der Waals surface area (Å²) < 4.78 is 26.9. The lowest BCUT2D eigenvalue weighted by Crippen LogP contribution is -2.35. The molecule has 0 saturated heterocycles. The molecule has 1 aromatic heterocycles. The van der Waals surface area contributed by atoms with E-state index in [-0.39, 0.29) is 10.7 Å². The van der Waals surface area contributed by atoms with Crippen LogP contribution in [0.25, 0.3) is 0 Å². The molecule has 0 unspecified atom stereocenters. The van der Waals surface area contributed by atoms with Crippen LogP contribution in [0.4, 0.5) is 0 Å². The minimum absolute atomic E-state index is 0.00584. The molecule has 6 heteroatoms. The zero-order valence-corrected chi connectivity index (χ0v) is 19.0. The first-order chi connectivity index (χ1) is 13.1. The maximum Gasteiger partial charge on any atom is 0.188 e. The maximum atomic E-state index is 13.4.